The van der Waals surface area contributed by atoms with Crippen molar-refractivity contribution >= 4 is 17.4 Å². The van der Waals surface area contributed by atoms with Gasteiger partial charge in [-0.15, -0.1) is 0 Å². The molecule has 3 heterocycles. The second-order valence-corrected chi connectivity index (χ2v) is 7.02. The van der Waals surface area contributed by atoms with Crippen LogP contribution in [-0.4, -0.2) is 48.2 Å². The normalized spacial score (nSPS) is 19.0. The zero-order valence-corrected chi connectivity index (χ0v) is 15.4. The summed E-state index contributed by atoms with van der Waals surface area (Å²) in [4.78, 5) is 34.6. The quantitative estimate of drug-likeness (QED) is 0.857. The number of morpholine rings is 1. The summed E-state index contributed by atoms with van der Waals surface area (Å²) in [6, 6.07) is 4.22. The number of benzene rings is 1. The van der Waals surface area contributed by atoms with E-state index >= 15 is 0 Å². The van der Waals surface area contributed by atoms with Crippen molar-refractivity contribution in [2.24, 2.45) is 0 Å². The van der Waals surface area contributed by atoms with Gasteiger partial charge in [0, 0.05) is 19.1 Å². The lowest BCUT2D eigenvalue weighted by Crippen LogP contribution is -2.40. The Morgan fingerprint density at radius 3 is 2.82 bits per heavy atom. The minimum absolute atomic E-state index is 0.0734. The van der Waals surface area contributed by atoms with Crippen molar-refractivity contribution in [1.82, 2.24) is 9.97 Å². The lowest BCUT2D eigenvalue weighted by molar-refractivity contribution is -0.118. The molecule has 1 fully saturated rings. The van der Waals surface area contributed by atoms with Crippen molar-refractivity contribution in [2.75, 3.05) is 36.1 Å². The van der Waals surface area contributed by atoms with Crippen LogP contribution in [0.15, 0.2) is 23.0 Å². The van der Waals surface area contributed by atoms with Crippen molar-refractivity contribution in [1.29, 1.82) is 0 Å². The summed E-state index contributed by atoms with van der Waals surface area (Å²) >= 11 is 0. The largest absolute Gasteiger partial charge is 0.378 e. The highest BCUT2D eigenvalue weighted by molar-refractivity contribution is 5.97. The third kappa shape index (κ3) is 3.37. The maximum Gasteiger partial charge on any atom is 0.289 e. The van der Waals surface area contributed by atoms with Crippen LogP contribution in [0.5, 0.6) is 0 Å². The third-order valence-electron chi connectivity index (χ3n) is 5.06. The number of rotatable bonds is 3. The first kappa shape index (κ1) is 18.5. The molecule has 7 nitrogen and oxygen atoms in total. The van der Waals surface area contributed by atoms with Crippen LogP contribution < -0.4 is 15.4 Å². The first-order chi connectivity index (χ1) is 13.4. The van der Waals surface area contributed by atoms with Gasteiger partial charge in [-0.1, -0.05) is 6.07 Å². The molecule has 4 rings (SSSR count). The van der Waals surface area contributed by atoms with E-state index in [1.807, 2.05) is 6.92 Å². The Hall–Kier alpha value is -2.81. The van der Waals surface area contributed by atoms with Gasteiger partial charge in [-0.3, -0.25) is 9.59 Å². The van der Waals surface area contributed by atoms with Crippen molar-refractivity contribution in [3.05, 3.63) is 51.6 Å². The average molecular weight is 390 g/mol. The first-order valence-electron chi connectivity index (χ1n) is 9.16. The van der Waals surface area contributed by atoms with Crippen molar-refractivity contribution in [2.45, 2.75) is 25.8 Å². The minimum Gasteiger partial charge on any atom is -0.378 e. The van der Waals surface area contributed by atoms with Gasteiger partial charge in [0.1, 0.15) is 11.6 Å². The predicted molar refractivity (Wildman–Crippen MR) is 98.6 cm³/mol. The molecule has 2 aliphatic rings. The van der Waals surface area contributed by atoms with Gasteiger partial charge in [0.05, 0.1) is 25.3 Å². The summed E-state index contributed by atoms with van der Waals surface area (Å²) in [6.45, 7) is 3.52. The smallest absolute Gasteiger partial charge is 0.289 e. The lowest BCUT2D eigenvalue weighted by Gasteiger charge is -2.28. The highest BCUT2D eigenvalue weighted by atomic mass is 19.1. The molecule has 1 aromatic carbocycles. The molecular formula is C19H20F2N4O3. The third-order valence-corrected chi connectivity index (χ3v) is 5.06. The van der Waals surface area contributed by atoms with Crippen LogP contribution in [0.3, 0.4) is 0 Å². The van der Waals surface area contributed by atoms with E-state index in [1.54, 1.807) is 11.0 Å². The predicted octanol–water partition coefficient (Wildman–Crippen LogP) is 1.40. The molecule has 1 aromatic heterocycles. The number of amides is 1. The maximum atomic E-state index is 14.3. The van der Waals surface area contributed by atoms with Gasteiger partial charge in [-0.2, -0.15) is 4.39 Å². The number of H-pyrrole nitrogens is 1. The molecule has 1 atom stereocenters. The topological polar surface area (TPSA) is 78.5 Å². The number of hydrogen-bond donors (Lipinski definition) is 1. The molecule has 0 aliphatic carbocycles. The van der Waals surface area contributed by atoms with Crippen LogP contribution in [0.2, 0.25) is 0 Å². The van der Waals surface area contributed by atoms with Gasteiger partial charge in [-0.05, 0) is 31.0 Å². The Kier molecular flexibility index (Phi) is 4.84. The summed E-state index contributed by atoms with van der Waals surface area (Å²) in [6.07, 6.45) is 0.404. The lowest BCUT2D eigenvalue weighted by atomic mass is 10.1. The van der Waals surface area contributed by atoms with Crippen LogP contribution in [0.25, 0.3) is 0 Å². The first-order valence-corrected chi connectivity index (χ1v) is 9.16. The van der Waals surface area contributed by atoms with E-state index in [9.17, 15) is 18.4 Å². The molecule has 1 N–H and O–H groups in total. The molecule has 0 spiro atoms. The zero-order chi connectivity index (χ0) is 19.8. The summed E-state index contributed by atoms with van der Waals surface area (Å²) in [7, 11) is 0. The maximum absolute atomic E-state index is 14.3. The fourth-order valence-electron chi connectivity index (χ4n) is 3.75. The van der Waals surface area contributed by atoms with Gasteiger partial charge < -0.3 is 19.5 Å². The molecule has 1 amide bonds. The van der Waals surface area contributed by atoms with Crippen molar-refractivity contribution < 1.29 is 18.3 Å². The van der Waals surface area contributed by atoms with Gasteiger partial charge in [0.2, 0.25) is 11.7 Å². The van der Waals surface area contributed by atoms with E-state index in [4.69, 9.17) is 4.74 Å². The Balaban J connectivity index is 1.61. The number of halogens is 2. The molecule has 9 heteroatoms. The number of carbonyl (C=O) groups is 1. The summed E-state index contributed by atoms with van der Waals surface area (Å²) < 4.78 is 33.2. The number of aromatic amines is 1. The van der Waals surface area contributed by atoms with E-state index in [0.29, 0.717) is 38.4 Å². The number of carbonyl (C=O) groups excluding carboxylic acids is 1. The fourth-order valence-corrected chi connectivity index (χ4v) is 3.75. The van der Waals surface area contributed by atoms with Crippen LogP contribution in [-0.2, 0) is 22.4 Å². The number of hydrogen-bond acceptors (Lipinski definition) is 5. The minimum atomic E-state index is -0.972. The Morgan fingerprint density at radius 2 is 2.07 bits per heavy atom. The molecule has 0 saturated carbocycles. The van der Waals surface area contributed by atoms with Gasteiger partial charge >= 0.3 is 0 Å². The van der Waals surface area contributed by atoms with Gasteiger partial charge in [0.15, 0.2) is 5.82 Å². The molecule has 0 radical (unpaired) electrons. The van der Waals surface area contributed by atoms with Crippen molar-refractivity contribution in [3.63, 3.8) is 0 Å². The van der Waals surface area contributed by atoms with Crippen LogP contribution in [0.4, 0.5) is 20.3 Å². The van der Waals surface area contributed by atoms with E-state index in [-0.39, 0.29) is 30.0 Å². The summed E-state index contributed by atoms with van der Waals surface area (Å²) in [5.41, 5.74) is 0.493. The number of ether oxygens (including phenoxy) is 1. The monoisotopic (exact) mass is 390 g/mol. The summed E-state index contributed by atoms with van der Waals surface area (Å²) in [5, 5.41) is 0. The molecule has 1 saturated heterocycles. The molecular weight excluding hydrogens is 370 g/mol. The Labute approximate surface area is 159 Å². The molecule has 28 heavy (non-hydrogen) atoms. The van der Waals surface area contributed by atoms with E-state index in [0.717, 1.165) is 5.56 Å². The highest BCUT2D eigenvalue weighted by Gasteiger charge is 2.32. The van der Waals surface area contributed by atoms with Crippen LogP contribution in [0.1, 0.15) is 18.3 Å². The highest BCUT2D eigenvalue weighted by Crippen LogP contribution is 2.33. The average Bonchev–Trinajstić information content (AvgIpc) is 3.00. The number of nitrogens with zero attached hydrogens (tertiary/aromatic N) is 3. The molecule has 2 aliphatic heterocycles. The SMILES string of the molecule is CC1Cc2ccc(F)cc2N1C(=O)Cc1nc(N2CCOCC2)c(F)c(=O)[nH]1. The van der Waals surface area contributed by atoms with Crippen LogP contribution >= 0.6 is 0 Å². The molecule has 148 valence electrons. The van der Waals surface area contributed by atoms with Crippen molar-refractivity contribution in [3.8, 4) is 0 Å². The van der Waals surface area contributed by atoms with E-state index < -0.39 is 17.2 Å². The Morgan fingerprint density at radius 1 is 1.32 bits per heavy atom. The number of fused-ring (bicyclic) bond motifs is 1. The number of nitrogens with one attached hydrogen (secondary N) is 1. The van der Waals surface area contributed by atoms with E-state index in [1.165, 1.54) is 17.0 Å². The number of aromatic nitrogens is 2. The second-order valence-electron chi connectivity index (χ2n) is 7.02. The number of anilines is 2. The zero-order valence-electron chi connectivity index (χ0n) is 15.4. The van der Waals surface area contributed by atoms with Crippen LogP contribution in [0, 0.1) is 11.6 Å². The fraction of sp³-hybridized carbons (Fsp3) is 0.421. The summed E-state index contributed by atoms with van der Waals surface area (Å²) in [5.74, 6) is -1.72. The molecule has 2 aromatic rings. The standard InChI is InChI=1S/C19H20F2N4O3/c1-11-8-12-2-3-13(20)9-14(12)25(11)16(26)10-15-22-18(17(21)19(27)23-15)24-4-6-28-7-5-24/h2-3,9,11H,4-8,10H2,1H3,(H,22,23,27). The molecule has 0 bridgehead atoms. The second kappa shape index (κ2) is 7.31. The molecule has 1 unspecified atom stereocenters. The van der Waals surface area contributed by atoms with Gasteiger partial charge in [0.25, 0.3) is 5.56 Å². The van der Waals surface area contributed by atoms with E-state index in [2.05, 4.69) is 9.97 Å². The van der Waals surface area contributed by atoms with Gasteiger partial charge in [-0.25, -0.2) is 9.37 Å². The Bertz CT molecular complexity index is 972.